The molecule has 3 aromatic rings. The molecule has 0 saturated heterocycles. The van der Waals surface area contributed by atoms with Crippen LogP contribution in [0.5, 0.6) is 5.75 Å². The Morgan fingerprint density at radius 3 is 2.71 bits per heavy atom. The molecule has 0 radical (unpaired) electrons. The highest BCUT2D eigenvalue weighted by Gasteiger charge is 2.09. The summed E-state index contributed by atoms with van der Waals surface area (Å²) >= 11 is 0. The molecule has 0 aliphatic rings. The highest BCUT2D eigenvalue weighted by molar-refractivity contribution is 5.29. The minimum Gasteiger partial charge on any atom is -0.491 e. The van der Waals surface area contributed by atoms with Gasteiger partial charge in [-0.3, -0.25) is 14.8 Å². The van der Waals surface area contributed by atoms with E-state index in [9.17, 15) is 9.90 Å². The molecule has 0 saturated carbocycles. The minimum atomic E-state index is -0.763. The fourth-order valence-electron chi connectivity index (χ4n) is 3.02. The lowest BCUT2D eigenvalue weighted by atomic mass is 10.1. The monoisotopic (exact) mass is 423 g/mol. The van der Waals surface area contributed by atoms with E-state index in [-0.39, 0.29) is 18.7 Å². The normalized spacial score (nSPS) is 12.0. The number of hydrogen-bond donors (Lipinski definition) is 3. The van der Waals surface area contributed by atoms with Crippen LogP contribution < -0.4 is 15.6 Å². The first kappa shape index (κ1) is 22.5. The van der Waals surface area contributed by atoms with Gasteiger partial charge in [0.15, 0.2) is 0 Å². The molecule has 0 bridgehead atoms. The molecule has 0 amide bonds. The molecule has 0 aliphatic carbocycles. The van der Waals surface area contributed by atoms with Crippen molar-refractivity contribution in [3.8, 4) is 5.75 Å². The Bertz CT molecular complexity index is 1030. The molecule has 3 N–H and O–H groups in total. The van der Waals surface area contributed by atoms with E-state index in [2.05, 4.69) is 25.2 Å². The van der Waals surface area contributed by atoms with Crippen molar-refractivity contribution in [2.24, 2.45) is 0 Å². The van der Waals surface area contributed by atoms with Gasteiger partial charge in [0.25, 0.3) is 5.56 Å². The minimum absolute atomic E-state index is 0.126. The number of aliphatic hydroxyl groups excluding tert-OH is 1. The lowest BCUT2D eigenvalue weighted by molar-refractivity contribution is 0.117. The molecule has 0 fully saturated rings. The summed E-state index contributed by atoms with van der Waals surface area (Å²) in [6.07, 6.45) is 2.99. The van der Waals surface area contributed by atoms with Crippen molar-refractivity contribution in [3.63, 3.8) is 0 Å². The number of rotatable bonds is 10. The second kappa shape index (κ2) is 10.7. The number of pyridine rings is 1. The molecular formula is C23H29N5O3. The smallest absolute Gasteiger partial charge is 0.255 e. The zero-order valence-electron chi connectivity index (χ0n) is 18.1. The summed E-state index contributed by atoms with van der Waals surface area (Å²) in [5.41, 5.74) is 3.34. The summed E-state index contributed by atoms with van der Waals surface area (Å²) in [6.45, 7) is 3.06. The van der Waals surface area contributed by atoms with Gasteiger partial charge in [0, 0.05) is 43.2 Å². The van der Waals surface area contributed by atoms with E-state index in [1.807, 2.05) is 57.4 Å². The van der Waals surface area contributed by atoms with Gasteiger partial charge in [-0.05, 0) is 50.3 Å². The van der Waals surface area contributed by atoms with Crippen molar-refractivity contribution in [2.45, 2.75) is 26.0 Å². The van der Waals surface area contributed by atoms with E-state index in [1.54, 1.807) is 12.4 Å². The number of anilines is 1. The van der Waals surface area contributed by atoms with E-state index in [4.69, 9.17) is 4.74 Å². The Labute approximate surface area is 182 Å². The van der Waals surface area contributed by atoms with Crippen LogP contribution >= 0.6 is 0 Å². The number of ether oxygens (including phenoxy) is 1. The molecule has 8 heteroatoms. The standard InChI is InChI=1S/C23H29N5O3/c1-16-7-8-17(11-24-16)9-19-12-25-23(27-22(19)30)26-13-20(29)15-31-21-6-4-5-18(10-21)14-28(2)3/h4-8,10-12,20,29H,9,13-15H2,1-3H3,(H2,25,26,27,30). The van der Waals surface area contributed by atoms with Gasteiger partial charge >= 0.3 is 0 Å². The number of benzene rings is 1. The van der Waals surface area contributed by atoms with Crippen LogP contribution in [0.4, 0.5) is 5.95 Å². The second-order valence-corrected chi connectivity index (χ2v) is 7.80. The van der Waals surface area contributed by atoms with Gasteiger partial charge in [-0.2, -0.15) is 0 Å². The number of aryl methyl sites for hydroxylation is 1. The zero-order valence-corrected chi connectivity index (χ0v) is 18.1. The third kappa shape index (κ3) is 7.20. The van der Waals surface area contributed by atoms with Crippen LogP contribution in [0.2, 0.25) is 0 Å². The Morgan fingerprint density at radius 1 is 1.16 bits per heavy atom. The average Bonchev–Trinajstić information content (AvgIpc) is 2.74. The summed E-state index contributed by atoms with van der Waals surface area (Å²) in [5, 5.41) is 13.1. The molecular weight excluding hydrogens is 394 g/mol. The predicted molar refractivity (Wildman–Crippen MR) is 120 cm³/mol. The lowest BCUT2D eigenvalue weighted by Gasteiger charge is -2.15. The summed E-state index contributed by atoms with van der Waals surface area (Å²) in [7, 11) is 4.02. The van der Waals surface area contributed by atoms with Crippen molar-refractivity contribution in [3.05, 3.63) is 81.5 Å². The first-order valence-electron chi connectivity index (χ1n) is 10.2. The molecule has 0 spiro atoms. The average molecular weight is 424 g/mol. The molecule has 1 aromatic carbocycles. The van der Waals surface area contributed by atoms with Crippen LogP contribution in [0, 0.1) is 6.92 Å². The molecule has 2 aromatic heterocycles. The summed E-state index contributed by atoms with van der Waals surface area (Å²) in [4.78, 5) is 25.6. The summed E-state index contributed by atoms with van der Waals surface area (Å²) in [5.74, 6) is 1.02. The maximum Gasteiger partial charge on any atom is 0.255 e. The molecule has 8 nitrogen and oxygen atoms in total. The zero-order chi connectivity index (χ0) is 22.2. The molecule has 0 aliphatic heterocycles. The molecule has 1 atom stereocenters. The SMILES string of the molecule is Cc1ccc(Cc2cnc(NCC(O)COc3cccc(CN(C)C)c3)[nH]c2=O)cn1. The fraction of sp³-hybridized carbons (Fsp3) is 0.348. The van der Waals surface area contributed by atoms with Gasteiger partial charge in [0.1, 0.15) is 18.5 Å². The first-order valence-corrected chi connectivity index (χ1v) is 10.2. The van der Waals surface area contributed by atoms with E-state index in [1.165, 1.54) is 0 Å². The van der Waals surface area contributed by atoms with Crippen molar-refractivity contribution in [1.29, 1.82) is 0 Å². The van der Waals surface area contributed by atoms with Crippen LogP contribution in [-0.2, 0) is 13.0 Å². The predicted octanol–water partition coefficient (Wildman–Crippen LogP) is 1.98. The van der Waals surface area contributed by atoms with Gasteiger partial charge in [-0.25, -0.2) is 4.98 Å². The number of hydrogen-bond acceptors (Lipinski definition) is 7. The lowest BCUT2D eigenvalue weighted by Crippen LogP contribution is -2.28. The first-order chi connectivity index (χ1) is 14.9. The number of nitrogens with zero attached hydrogens (tertiary/aromatic N) is 3. The molecule has 3 rings (SSSR count). The van der Waals surface area contributed by atoms with Crippen LogP contribution in [-0.4, -0.2) is 58.3 Å². The number of aromatic nitrogens is 3. The van der Waals surface area contributed by atoms with E-state index >= 15 is 0 Å². The number of aliphatic hydroxyl groups is 1. The number of H-pyrrole nitrogens is 1. The van der Waals surface area contributed by atoms with Crippen LogP contribution in [0.25, 0.3) is 0 Å². The van der Waals surface area contributed by atoms with Gasteiger partial charge in [-0.15, -0.1) is 0 Å². The van der Waals surface area contributed by atoms with Crippen molar-refractivity contribution >= 4 is 5.95 Å². The van der Waals surface area contributed by atoms with Crippen LogP contribution in [0.15, 0.2) is 53.6 Å². The number of aromatic amines is 1. The molecule has 1 unspecified atom stereocenters. The van der Waals surface area contributed by atoms with Gasteiger partial charge in [-0.1, -0.05) is 18.2 Å². The van der Waals surface area contributed by atoms with Crippen molar-refractivity contribution < 1.29 is 9.84 Å². The summed E-state index contributed by atoms with van der Waals surface area (Å²) in [6, 6.07) is 11.6. The highest BCUT2D eigenvalue weighted by Crippen LogP contribution is 2.14. The Hall–Kier alpha value is -3.23. The van der Waals surface area contributed by atoms with Crippen LogP contribution in [0.3, 0.4) is 0 Å². The second-order valence-electron chi connectivity index (χ2n) is 7.80. The maximum atomic E-state index is 12.3. The number of nitrogens with one attached hydrogen (secondary N) is 2. The van der Waals surface area contributed by atoms with Gasteiger partial charge in [0.05, 0.1) is 0 Å². The van der Waals surface area contributed by atoms with E-state index in [0.29, 0.717) is 23.7 Å². The van der Waals surface area contributed by atoms with Crippen molar-refractivity contribution in [2.75, 3.05) is 32.6 Å². The van der Waals surface area contributed by atoms with Gasteiger partial charge in [0.2, 0.25) is 5.95 Å². The third-order valence-corrected chi connectivity index (χ3v) is 4.59. The maximum absolute atomic E-state index is 12.3. The third-order valence-electron chi connectivity index (χ3n) is 4.59. The van der Waals surface area contributed by atoms with Crippen molar-refractivity contribution in [1.82, 2.24) is 19.9 Å². The van der Waals surface area contributed by atoms with E-state index in [0.717, 1.165) is 23.4 Å². The highest BCUT2D eigenvalue weighted by atomic mass is 16.5. The molecule has 2 heterocycles. The Balaban J connectivity index is 1.48. The quantitative estimate of drug-likeness (QED) is 0.458. The Morgan fingerprint density at radius 2 is 2.00 bits per heavy atom. The largest absolute Gasteiger partial charge is 0.491 e. The topological polar surface area (TPSA) is 103 Å². The van der Waals surface area contributed by atoms with Gasteiger partial charge < -0.3 is 20.1 Å². The Kier molecular flexibility index (Phi) is 7.75. The molecule has 31 heavy (non-hydrogen) atoms. The fourth-order valence-corrected chi connectivity index (χ4v) is 3.02. The summed E-state index contributed by atoms with van der Waals surface area (Å²) < 4.78 is 5.69. The molecule has 164 valence electrons. The van der Waals surface area contributed by atoms with Crippen LogP contribution in [0.1, 0.15) is 22.4 Å². The van der Waals surface area contributed by atoms with E-state index < -0.39 is 6.10 Å².